The number of amides is 2. The smallest absolute Gasteiger partial charge is 0.338 e. The third-order valence-electron chi connectivity index (χ3n) is 5.94. The van der Waals surface area contributed by atoms with Crippen LogP contribution in [-0.2, 0) is 19.1 Å². The number of fused-ring (bicyclic) bond motifs is 1. The maximum atomic E-state index is 13.3. The molecule has 9 heteroatoms. The average Bonchev–Trinajstić information content (AvgIpc) is 3.49. The summed E-state index contributed by atoms with van der Waals surface area (Å²) in [4.78, 5) is 39.9. The van der Waals surface area contributed by atoms with E-state index in [2.05, 4.69) is 10.5 Å². The molecule has 0 saturated carbocycles. The number of esters is 1. The van der Waals surface area contributed by atoms with E-state index in [-0.39, 0.29) is 25.0 Å². The highest BCUT2D eigenvalue weighted by molar-refractivity contribution is 6.05. The molecule has 2 aromatic rings. The van der Waals surface area contributed by atoms with Crippen molar-refractivity contribution in [1.82, 2.24) is 5.16 Å². The number of anilines is 2. The second-order valence-corrected chi connectivity index (χ2v) is 7.91. The molecule has 2 amide bonds. The molecule has 160 valence electrons. The minimum atomic E-state index is -0.858. The fourth-order valence-corrected chi connectivity index (χ4v) is 4.64. The van der Waals surface area contributed by atoms with Crippen molar-refractivity contribution >= 4 is 29.3 Å². The van der Waals surface area contributed by atoms with Gasteiger partial charge in [-0.05, 0) is 32.0 Å². The Morgan fingerprint density at radius 1 is 1.35 bits per heavy atom. The molecule has 5 rings (SSSR count). The van der Waals surface area contributed by atoms with Crippen LogP contribution in [0, 0.1) is 18.8 Å². The van der Waals surface area contributed by atoms with Gasteiger partial charge in [0.25, 0.3) is 0 Å². The predicted molar refractivity (Wildman–Crippen MR) is 108 cm³/mol. The predicted octanol–water partition coefficient (Wildman–Crippen LogP) is 2.08. The quantitative estimate of drug-likeness (QED) is 0.579. The van der Waals surface area contributed by atoms with E-state index in [1.54, 1.807) is 44.2 Å². The summed E-state index contributed by atoms with van der Waals surface area (Å²) in [6, 6.07) is 8.19. The van der Waals surface area contributed by atoms with Crippen LogP contribution in [0.3, 0.4) is 0 Å². The Balaban J connectivity index is 1.38. The van der Waals surface area contributed by atoms with Crippen LogP contribution in [0.2, 0.25) is 0 Å². The third-order valence-corrected chi connectivity index (χ3v) is 5.94. The van der Waals surface area contributed by atoms with Crippen LogP contribution >= 0.6 is 0 Å². The molecule has 4 heterocycles. The van der Waals surface area contributed by atoms with Gasteiger partial charge in [-0.15, -0.1) is 0 Å². The fraction of sp³-hybridized carbons (Fsp3) is 0.364. The highest BCUT2D eigenvalue weighted by atomic mass is 16.5. The largest absolute Gasteiger partial charge is 0.462 e. The van der Waals surface area contributed by atoms with Crippen LogP contribution in [0.25, 0.3) is 0 Å². The molecule has 3 unspecified atom stereocenters. The summed E-state index contributed by atoms with van der Waals surface area (Å²) in [6.45, 7) is 4.01. The number of benzene rings is 1. The van der Waals surface area contributed by atoms with Crippen molar-refractivity contribution in [3.8, 4) is 0 Å². The van der Waals surface area contributed by atoms with Crippen LogP contribution in [0.4, 0.5) is 11.5 Å². The molecule has 2 fully saturated rings. The van der Waals surface area contributed by atoms with Gasteiger partial charge < -0.3 is 19.3 Å². The molecular weight excluding hydrogens is 402 g/mol. The Hall–Kier alpha value is -3.46. The molecular formula is C22H21N3O6. The van der Waals surface area contributed by atoms with Gasteiger partial charge in [-0.2, -0.15) is 0 Å². The van der Waals surface area contributed by atoms with Crippen LogP contribution < -0.4 is 10.2 Å². The SMILES string of the molecule is CCOC(=O)c1cccc(NC(=O)C2C3C=C[C@@]4(CN(c5cc(C)on5)C(=O)C24)O3)c1. The molecule has 2 bridgehead atoms. The van der Waals surface area contributed by atoms with E-state index >= 15 is 0 Å². The standard InChI is InChI=1S/C22H21N3O6/c1-3-29-21(28)13-5-4-6-14(10-13)23-19(26)17-15-7-8-22(30-15)11-25(20(27)18(17)22)16-9-12(2)31-24-16/h4-10,15,17-18H,3,11H2,1-2H3,(H,23,26)/t15?,17?,18?,22-/m0/s1. The van der Waals surface area contributed by atoms with Crippen molar-refractivity contribution < 1.29 is 28.4 Å². The number of ether oxygens (including phenoxy) is 2. The van der Waals surface area contributed by atoms with Crippen LogP contribution in [-0.4, -0.2) is 47.8 Å². The Morgan fingerprint density at radius 2 is 2.19 bits per heavy atom. The monoisotopic (exact) mass is 423 g/mol. The van der Waals surface area contributed by atoms with Crippen molar-refractivity contribution in [3.63, 3.8) is 0 Å². The van der Waals surface area contributed by atoms with E-state index in [9.17, 15) is 14.4 Å². The van der Waals surface area contributed by atoms with E-state index in [4.69, 9.17) is 14.0 Å². The first-order valence-electron chi connectivity index (χ1n) is 10.1. The first-order valence-corrected chi connectivity index (χ1v) is 10.1. The van der Waals surface area contributed by atoms with E-state index in [1.165, 1.54) is 4.90 Å². The molecule has 3 aliphatic heterocycles. The Labute approximate surface area is 178 Å². The van der Waals surface area contributed by atoms with Crippen molar-refractivity contribution in [2.24, 2.45) is 11.8 Å². The number of hydrogen-bond acceptors (Lipinski definition) is 7. The highest BCUT2D eigenvalue weighted by Crippen LogP contribution is 2.52. The molecule has 0 radical (unpaired) electrons. The minimum absolute atomic E-state index is 0.222. The van der Waals surface area contributed by atoms with Gasteiger partial charge in [-0.3, -0.25) is 14.5 Å². The van der Waals surface area contributed by atoms with E-state index in [1.807, 2.05) is 12.2 Å². The van der Waals surface area contributed by atoms with Gasteiger partial charge in [0.05, 0.1) is 36.7 Å². The lowest BCUT2D eigenvalue weighted by molar-refractivity contribution is -0.128. The topological polar surface area (TPSA) is 111 Å². The van der Waals surface area contributed by atoms with Gasteiger partial charge >= 0.3 is 5.97 Å². The highest BCUT2D eigenvalue weighted by Gasteiger charge is 2.67. The number of aryl methyl sites for hydroxylation is 1. The molecule has 3 aliphatic rings. The molecule has 0 aliphatic carbocycles. The van der Waals surface area contributed by atoms with Gasteiger partial charge in [0.15, 0.2) is 5.82 Å². The lowest BCUT2D eigenvalue weighted by Gasteiger charge is -2.23. The lowest BCUT2D eigenvalue weighted by Crippen LogP contribution is -2.41. The molecule has 4 atom stereocenters. The molecule has 2 saturated heterocycles. The lowest BCUT2D eigenvalue weighted by atomic mass is 9.76. The molecule has 31 heavy (non-hydrogen) atoms. The first-order chi connectivity index (χ1) is 14.9. The summed E-state index contributed by atoms with van der Waals surface area (Å²) < 4.78 is 16.2. The van der Waals surface area contributed by atoms with Gasteiger partial charge in [-0.1, -0.05) is 23.4 Å². The molecule has 9 nitrogen and oxygen atoms in total. The normalized spacial score (nSPS) is 28.1. The maximum absolute atomic E-state index is 13.3. The van der Waals surface area contributed by atoms with Gasteiger partial charge in [0.1, 0.15) is 11.4 Å². The number of rotatable bonds is 5. The van der Waals surface area contributed by atoms with E-state index in [0.717, 1.165) is 0 Å². The Morgan fingerprint density at radius 3 is 2.94 bits per heavy atom. The third kappa shape index (κ3) is 3.04. The van der Waals surface area contributed by atoms with Crippen molar-refractivity contribution in [3.05, 3.63) is 53.8 Å². The number of hydrogen-bond donors (Lipinski definition) is 1. The fourth-order valence-electron chi connectivity index (χ4n) is 4.64. The van der Waals surface area contributed by atoms with Crippen molar-refractivity contribution in [2.75, 3.05) is 23.4 Å². The second-order valence-electron chi connectivity index (χ2n) is 7.91. The van der Waals surface area contributed by atoms with Gasteiger partial charge in [0.2, 0.25) is 11.8 Å². The Kier molecular flexibility index (Phi) is 4.44. The van der Waals surface area contributed by atoms with Crippen molar-refractivity contribution in [1.29, 1.82) is 0 Å². The summed E-state index contributed by atoms with van der Waals surface area (Å²) in [5.74, 6) is -1.38. The number of nitrogens with one attached hydrogen (secondary N) is 1. The molecule has 1 spiro atoms. The Bertz CT molecular complexity index is 1110. The first kappa shape index (κ1) is 19.5. The summed E-state index contributed by atoms with van der Waals surface area (Å²) in [5.41, 5.74) is -0.0702. The zero-order chi connectivity index (χ0) is 21.8. The van der Waals surface area contributed by atoms with E-state index < -0.39 is 29.5 Å². The maximum Gasteiger partial charge on any atom is 0.338 e. The number of nitrogens with zero attached hydrogens (tertiary/aromatic N) is 2. The van der Waals surface area contributed by atoms with Gasteiger partial charge in [0, 0.05) is 11.8 Å². The van der Waals surface area contributed by atoms with Crippen molar-refractivity contribution in [2.45, 2.75) is 25.6 Å². The zero-order valence-corrected chi connectivity index (χ0v) is 17.0. The van der Waals surface area contributed by atoms with Crippen LogP contribution in [0.15, 0.2) is 47.0 Å². The summed E-state index contributed by atoms with van der Waals surface area (Å²) in [7, 11) is 0. The number of carbonyl (C=O) groups excluding carboxylic acids is 3. The van der Waals surface area contributed by atoms with E-state index in [0.29, 0.717) is 22.8 Å². The zero-order valence-electron chi connectivity index (χ0n) is 17.0. The molecule has 1 aromatic carbocycles. The second kappa shape index (κ2) is 7.05. The van der Waals surface area contributed by atoms with Gasteiger partial charge in [-0.25, -0.2) is 4.79 Å². The minimum Gasteiger partial charge on any atom is -0.462 e. The van der Waals surface area contributed by atoms with Crippen LogP contribution in [0.1, 0.15) is 23.0 Å². The summed E-state index contributed by atoms with van der Waals surface area (Å²) >= 11 is 0. The number of aromatic nitrogens is 1. The molecule has 1 N–H and O–H groups in total. The molecule has 1 aromatic heterocycles. The van der Waals surface area contributed by atoms with Crippen LogP contribution in [0.5, 0.6) is 0 Å². The number of carbonyl (C=O) groups is 3. The summed E-state index contributed by atoms with van der Waals surface area (Å²) in [5, 5.41) is 6.77. The summed E-state index contributed by atoms with van der Waals surface area (Å²) in [6.07, 6.45) is 3.22. The average molecular weight is 423 g/mol.